The van der Waals surface area contributed by atoms with Crippen LogP contribution in [-0.4, -0.2) is 24.7 Å². The molecule has 4 rings (SSSR count). The second-order valence-corrected chi connectivity index (χ2v) is 8.07. The van der Waals surface area contributed by atoms with Crippen LogP contribution in [0.25, 0.3) is 11.2 Å². The minimum atomic E-state index is -0.365. The number of halogens is 1. The number of nitrogens with zero attached hydrogens (tertiary/aromatic N) is 4. The molecule has 0 bridgehead atoms. The van der Waals surface area contributed by atoms with E-state index in [-0.39, 0.29) is 11.2 Å². The molecule has 27 heavy (non-hydrogen) atoms. The lowest BCUT2D eigenvalue weighted by Gasteiger charge is -2.16. The topological polar surface area (TPSA) is 73.8 Å². The van der Waals surface area contributed by atoms with E-state index < -0.39 is 0 Å². The van der Waals surface area contributed by atoms with E-state index in [1.807, 2.05) is 28.8 Å². The van der Waals surface area contributed by atoms with Crippen LogP contribution in [-0.2, 0) is 20.6 Å². The normalized spacial score (nSPS) is 14.9. The number of aromatic nitrogens is 4. The van der Waals surface area contributed by atoms with Crippen molar-refractivity contribution in [3.8, 4) is 0 Å². The summed E-state index contributed by atoms with van der Waals surface area (Å²) in [5.41, 5.74) is 1.20. The Bertz CT molecular complexity index is 1120. The Kier molecular flexibility index (Phi) is 4.67. The highest BCUT2D eigenvalue weighted by molar-refractivity contribution is 9.10. The Morgan fingerprint density at radius 1 is 1.19 bits per heavy atom. The van der Waals surface area contributed by atoms with Gasteiger partial charge < -0.3 is 5.32 Å². The first-order chi connectivity index (χ1) is 13.0. The molecule has 2 aromatic heterocycles. The molecule has 0 amide bonds. The van der Waals surface area contributed by atoms with Crippen molar-refractivity contribution in [3.05, 3.63) is 55.1 Å². The zero-order chi connectivity index (χ0) is 19.1. The van der Waals surface area contributed by atoms with E-state index >= 15 is 0 Å². The van der Waals surface area contributed by atoms with Crippen LogP contribution in [0.5, 0.6) is 0 Å². The van der Waals surface area contributed by atoms with Gasteiger partial charge in [0.2, 0.25) is 5.95 Å². The Hall–Kier alpha value is -2.35. The maximum absolute atomic E-state index is 12.6. The Morgan fingerprint density at radius 3 is 2.63 bits per heavy atom. The maximum atomic E-state index is 12.6. The van der Waals surface area contributed by atoms with Gasteiger partial charge in [0.25, 0.3) is 5.56 Å². The second kappa shape index (κ2) is 6.99. The smallest absolute Gasteiger partial charge is 0.332 e. The van der Waals surface area contributed by atoms with Crippen LogP contribution >= 0.6 is 15.9 Å². The summed E-state index contributed by atoms with van der Waals surface area (Å²) in [5.74, 6) is 0.648. The van der Waals surface area contributed by atoms with E-state index in [1.54, 1.807) is 7.05 Å². The number of aryl methyl sites for hydroxylation is 1. The van der Waals surface area contributed by atoms with E-state index in [0.717, 1.165) is 27.4 Å². The Morgan fingerprint density at radius 2 is 1.93 bits per heavy atom. The highest BCUT2D eigenvalue weighted by atomic mass is 79.9. The number of anilines is 1. The van der Waals surface area contributed by atoms with Crippen molar-refractivity contribution < 1.29 is 0 Å². The third-order valence-electron chi connectivity index (χ3n) is 5.26. The standard InChI is InChI=1S/C19H22BrN5O2/c1-23-16-15(17(26)24(2)19(23)27)22-18(21-14-8-3-4-9-14)25(16)11-12-6-5-7-13(20)10-12/h5-7,10,14H,3-4,8-9,11H2,1-2H3,(H,21,22). The van der Waals surface area contributed by atoms with Gasteiger partial charge in [0.1, 0.15) is 0 Å². The number of rotatable bonds is 4. The first-order valence-electron chi connectivity index (χ1n) is 9.13. The van der Waals surface area contributed by atoms with E-state index in [9.17, 15) is 9.59 Å². The number of benzene rings is 1. The van der Waals surface area contributed by atoms with Gasteiger partial charge >= 0.3 is 5.69 Å². The average Bonchev–Trinajstić information content (AvgIpc) is 3.27. The number of imidazole rings is 1. The minimum Gasteiger partial charge on any atom is -0.353 e. The molecule has 0 unspecified atom stereocenters. The summed E-state index contributed by atoms with van der Waals surface area (Å²) in [6.45, 7) is 0.519. The quantitative estimate of drug-likeness (QED) is 0.688. The van der Waals surface area contributed by atoms with Crippen LogP contribution in [0.3, 0.4) is 0 Å². The van der Waals surface area contributed by atoms with Crippen molar-refractivity contribution in [2.45, 2.75) is 38.3 Å². The van der Waals surface area contributed by atoms with Gasteiger partial charge in [0.15, 0.2) is 11.2 Å². The number of hydrogen-bond acceptors (Lipinski definition) is 4. The molecule has 142 valence electrons. The molecule has 1 N–H and O–H groups in total. The van der Waals surface area contributed by atoms with Crippen molar-refractivity contribution in [3.63, 3.8) is 0 Å². The highest BCUT2D eigenvalue weighted by Gasteiger charge is 2.22. The first kappa shape index (κ1) is 18.0. The van der Waals surface area contributed by atoms with E-state index in [1.165, 1.54) is 24.5 Å². The summed E-state index contributed by atoms with van der Waals surface area (Å²) in [5, 5.41) is 3.50. The third-order valence-corrected chi connectivity index (χ3v) is 5.75. The second-order valence-electron chi connectivity index (χ2n) is 7.16. The summed E-state index contributed by atoms with van der Waals surface area (Å²) in [4.78, 5) is 29.7. The third kappa shape index (κ3) is 3.22. The summed E-state index contributed by atoms with van der Waals surface area (Å²) < 4.78 is 5.54. The van der Waals surface area contributed by atoms with E-state index in [4.69, 9.17) is 0 Å². The Balaban J connectivity index is 1.91. The summed E-state index contributed by atoms with van der Waals surface area (Å²) in [7, 11) is 3.17. The molecule has 0 atom stereocenters. The van der Waals surface area contributed by atoms with Crippen molar-refractivity contribution >= 4 is 33.0 Å². The molecule has 1 fully saturated rings. The lowest BCUT2D eigenvalue weighted by molar-refractivity contribution is 0.682. The Labute approximate surface area is 164 Å². The minimum absolute atomic E-state index is 0.315. The summed E-state index contributed by atoms with van der Waals surface area (Å²) in [6.07, 6.45) is 4.58. The number of fused-ring (bicyclic) bond motifs is 1. The van der Waals surface area contributed by atoms with Crippen LogP contribution in [0.4, 0.5) is 5.95 Å². The fraction of sp³-hybridized carbons (Fsp3) is 0.421. The van der Waals surface area contributed by atoms with Gasteiger partial charge in [-0.1, -0.05) is 40.9 Å². The fourth-order valence-corrected chi connectivity index (χ4v) is 4.27. The maximum Gasteiger partial charge on any atom is 0.332 e. The van der Waals surface area contributed by atoms with Crippen LogP contribution in [0.15, 0.2) is 38.3 Å². The number of hydrogen-bond donors (Lipinski definition) is 1. The molecule has 3 aromatic rings. The van der Waals surface area contributed by atoms with Crippen LogP contribution in [0.2, 0.25) is 0 Å². The molecule has 1 aromatic carbocycles. The number of nitrogens with one attached hydrogen (secondary N) is 1. The molecule has 0 saturated heterocycles. The van der Waals surface area contributed by atoms with Crippen LogP contribution in [0.1, 0.15) is 31.2 Å². The molecular formula is C19H22BrN5O2. The lowest BCUT2D eigenvalue weighted by Crippen LogP contribution is -2.37. The predicted octanol–water partition coefficient (Wildman–Crippen LogP) is 2.60. The monoisotopic (exact) mass is 431 g/mol. The van der Waals surface area contributed by atoms with Gasteiger partial charge in [-0.15, -0.1) is 0 Å². The van der Waals surface area contributed by atoms with Crippen LogP contribution < -0.4 is 16.6 Å². The van der Waals surface area contributed by atoms with Crippen molar-refractivity contribution in [2.75, 3.05) is 5.32 Å². The van der Waals surface area contributed by atoms with E-state index in [0.29, 0.717) is 29.7 Å². The largest absolute Gasteiger partial charge is 0.353 e. The van der Waals surface area contributed by atoms with Gasteiger partial charge in [-0.3, -0.25) is 18.5 Å². The lowest BCUT2D eigenvalue weighted by atomic mass is 10.2. The van der Waals surface area contributed by atoms with Gasteiger partial charge in [-0.2, -0.15) is 0 Å². The highest BCUT2D eigenvalue weighted by Crippen LogP contribution is 2.25. The molecule has 1 aliphatic rings. The van der Waals surface area contributed by atoms with Gasteiger partial charge in [0.05, 0.1) is 6.54 Å². The molecular weight excluding hydrogens is 410 g/mol. The van der Waals surface area contributed by atoms with Gasteiger partial charge in [-0.25, -0.2) is 9.78 Å². The zero-order valence-electron chi connectivity index (χ0n) is 15.4. The molecule has 1 aliphatic carbocycles. The molecule has 0 radical (unpaired) electrons. The predicted molar refractivity (Wildman–Crippen MR) is 109 cm³/mol. The molecule has 2 heterocycles. The molecule has 8 heteroatoms. The van der Waals surface area contributed by atoms with Gasteiger partial charge in [-0.05, 0) is 30.5 Å². The van der Waals surface area contributed by atoms with Crippen molar-refractivity contribution in [2.24, 2.45) is 14.1 Å². The molecule has 7 nitrogen and oxygen atoms in total. The van der Waals surface area contributed by atoms with Crippen molar-refractivity contribution in [1.29, 1.82) is 0 Å². The summed E-state index contributed by atoms with van der Waals surface area (Å²) >= 11 is 3.50. The van der Waals surface area contributed by atoms with E-state index in [2.05, 4.69) is 26.2 Å². The fourth-order valence-electron chi connectivity index (χ4n) is 3.82. The zero-order valence-corrected chi connectivity index (χ0v) is 17.0. The molecule has 1 saturated carbocycles. The average molecular weight is 432 g/mol. The van der Waals surface area contributed by atoms with Crippen LogP contribution in [0, 0.1) is 0 Å². The summed E-state index contributed by atoms with van der Waals surface area (Å²) in [6, 6.07) is 8.35. The first-order valence-corrected chi connectivity index (χ1v) is 9.92. The molecule has 0 aliphatic heterocycles. The molecule has 0 spiro atoms. The van der Waals surface area contributed by atoms with Crippen molar-refractivity contribution in [1.82, 2.24) is 18.7 Å². The SMILES string of the molecule is Cn1c(=O)c2nc(NC3CCCC3)n(Cc3cccc(Br)c3)c2n(C)c1=O. The van der Waals surface area contributed by atoms with Gasteiger partial charge in [0, 0.05) is 24.6 Å².